The van der Waals surface area contributed by atoms with Crippen molar-refractivity contribution in [1.29, 1.82) is 0 Å². The van der Waals surface area contributed by atoms with E-state index in [2.05, 4.69) is 32.6 Å². The molecule has 0 aliphatic heterocycles. The summed E-state index contributed by atoms with van der Waals surface area (Å²) >= 11 is 5.85. The quantitative estimate of drug-likeness (QED) is 0.388. The Morgan fingerprint density at radius 3 is 2.64 bits per heavy atom. The molecule has 0 saturated carbocycles. The first-order valence-electron chi connectivity index (χ1n) is 8.79. The predicted molar refractivity (Wildman–Crippen MR) is 112 cm³/mol. The number of rotatable bonds is 5. The molecule has 3 aromatic carbocycles. The zero-order valence-electron chi connectivity index (χ0n) is 14.9. The van der Waals surface area contributed by atoms with Crippen LogP contribution in [0.15, 0.2) is 77.9 Å². The molecule has 0 saturated heterocycles. The lowest BCUT2D eigenvalue weighted by Crippen LogP contribution is -2.17. The van der Waals surface area contributed by atoms with Crippen LogP contribution in [0.3, 0.4) is 0 Å². The van der Waals surface area contributed by atoms with Crippen LogP contribution in [0.5, 0.6) is 0 Å². The van der Waals surface area contributed by atoms with E-state index in [1.807, 2.05) is 36.4 Å². The SMILES string of the molecule is O=C(N/N=C\c1ccc(Cl)cc1)c1ccc2nc(Cc3ccccc3)[nH]c2c1. The van der Waals surface area contributed by atoms with Crippen molar-refractivity contribution < 1.29 is 4.79 Å². The number of aromatic amines is 1. The summed E-state index contributed by atoms with van der Waals surface area (Å²) in [6, 6.07) is 22.7. The van der Waals surface area contributed by atoms with Gasteiger partial charge in [0.05, 0.1) is 17.2 Å². The summed E-state index contributed by atoms with van der Waals surface area (Å²) in [4.78, 5) is 20.2. The van der Waals surface area contributed by atoms with Crippen molar-refractivity contribution in [3.8, 4) is 0 Å². The number of hydrogen-bond donors (Lipinski definition) is 2. The maximum absolute atomic E-state index is 12.4. The van der Waals surface area contributed by atoms with Gasteiger partial charge in [0.25, 0.3) is 5.91 Å². The van der Waals surface area contributed by atoms with Crippen LogP contribution in [0.4, 0.5) is 0 Å². The van der Waals surface area contributed by atoms with Gasteiger partial charge >= 0.3 is 0 Å². The van der Waals surface area contributed by atoms with Gasteiger partial charge in [0, 0.05) is 17.0 Å². The number of carbonyl (C=O) groups is 1. The summed E-state index contributed by atoms with van der Waals surface area (Å²) in [5, 5.41) is 4.65. The Kier molecular flexibility index (Phi) is 5.17. The molecule has 2 N–H and O–H groups in total. The number of aromatic nitrogens is 2. The predicted octanol–water partition coefficient (Wildman–Crippen LogP) is 4.57. The number of amides is 1. The Balaban J connectivity index is 1.46. The topological polar surface area (TPSA) is 70.1 Å². The highest BCUT2D eigenvalue weighted by Gasteiger charge is 2.09. The van der Waals surface area contributed by atoms with Crippen LogP contribution >= 0.6 is 11.6 Å². The molecule has 0 aliphatic rings. The lowest BCUT2D eigenvalue weighted by molar-refractivity contribution is 0.0955. The second-order valence-electron chi connectivity index (χ2n) is 6.33. The summed E-state index contributed by atoms with van der Waals surface area (Å²) in [5.74, 6) is 0.575. The molecule has 6 heteroatoms. The molecule has 0 bridgehead atoms. The van der Waals surface area contributed by atoms with Crippen molar-refractivity contribution in [2.24, 2.45) is 5.10 Å². The van der Waals surface area contributed by atoms with Crippen LogP contribution in [0.25, 0.3) is 11.0 Å². The summed E-state index contributed by atoms with van der Waals surface area (Å²) in [5.41, 5.74) is 6.72. The van der Waals surface area contributed by atoms with Gasteiger partial charge in [-0.25, -0.2) is 10.4 Å². The number of hydrogen-bond acceptors (Lipinski definition) is 3. The molecule has 0 unspecified atom stereocenters. The third-order valence-corrected chi connectivity index (χ3v) is 4.51. The molecule has 0 spiro atoms. The monoisotopic (exact) mass is 388 g/mol. The number of hydrazone groups is 1. The lowest BCUT2D eigenvalue weighted by Gasteiger charge is -2.00. The van der Waals surface area contributed by atoms with Crippen molar-refractivity contribution >= 4 is 34.8 Å². The number of nitrogens with one attached hydrogen (secondary N) is 2. The second kappa shape index (κ2) is 8.06. The zero-order chi connectivity index (χ0) is 19.3. The van der Waals surface area contributed by atoms with E-state index in [4.69, 9.17) is 11.6 Å². The lowest BCUT2D eigenvalue weighted by atomic mass is 10.1. The minimum absolute atomic E-state index is 0.286. The second-order valence-corrected chi connectivity index (χ2v) is 6.76. The Labute approximate surface area is 167 Å². The van der Waals surface area contributed by atoms with E-state index in [-0.39, 0.29) is 5.91 Å². The largest absolute Gasteiger partial charge is 0.342 e. The molecule has 0 fully saturated rings. The first kappa shape index (κ1) is 17.9. The molecule has 1 heterocycles. The zero-order valence-corrected chi connectivity index (χ0v) is 15.6. The van der Waals surface area contributed by atoms with Gasteiger partial charge in [-0.05, 0) is 41.5 Å². The molecule has 28 heavy (non-hydrogen) atoms. The highest BCUT2D eigenvalue weighted by molar-refractivity contribution is 6.30. The van der Waals surface area contributed by atoms with Gasteiger partial charge in [-0.3, -0.25) is 4.79 Å². The van der Waals surface area contributed by atoms with E-state index < -0.39 is 0 Å². The molecule has 1 aromatic heterocycles. The van der Waals surface area contributed by atoms with Gasteiger partial charge in [0.2, 0.25) is 0 Å². The van der Waals surface area contributed by atoms with Crippen molar-refractivity contribution in [3.05, 3.63) is 100 Å². The molecule has 4 aromatic rings. The molecule has 0 aliphatic carbocycles. The van der Waals surface area contributed by atoms with Crippen LogP contribution in [0.2, 0.25) is 5.02 Å². The fraction of sp³-hybridized carbons (Fsp3) is 0.0455. The molecular formula is C22H17ClN4O. The summed E-state index contributed by atoms with van der Waals surface area (Å²) in [7, 11) is 0. The Morgan fingerprint density at radius 2 is 1.86 bits per heavy atom. The fourth-order valence-electron chi connectivity index (χ4n) is 2.86. The molecule has 138 valence electrons. The third-order valence-electron chi connectivity index (χ3n) is 4.26. The highest BCUT2D eigenvalue weighted by atomic mass is 35.5. The Bertz CT molecular complexity index is 1130. The van der Waals surface area contributed by atoms with Crippen molar-refractivity contribution in [1.82, 2.24) is 15.4 Å². The van der Waals surface area contributed by atoms with Crippen LogP contribution in [-0.4, -0.2) is 22.1 Å². The summed E-state index contributed by atoms with van der Waals surface area (Å²) < 4.78 is 0. The van der Waals surface area contributed by atoms with Crippen molar-refractivity contribution in [3.63, 3.8) is 0 Å². The van der Waals surface area contributed by atoms with E-state index in [9.17, 15) is 4.79 Å². The number of fused-ring (bicyclic) bond motifs is 1. The highest BCUT2D eigenvalue weighted by Crippen LogP contribution is 2.16. The number of H-pyrrole nitrogens is 1. The molecule has 5 nitrogen and oxygen atoms in total. The summed E-state index contributed by atoms with van der Waals surface area (Å²) in [6.07, 6.45) is 2.28. The van der Waals surface area contributed by atoms with Crippen LogP contribution in [-0.2, 0) is 6.42 Å². The number of imidazole rings is 1. The van der Waals surface area contributed by atoms with Crippen LogP contribution < -0.4 is 5.43 Å². The Hall–Kier alpha value is -3.44. The van der Waals surface area contributed by atoms with E-state index in [1.54, 1.807) is 30.5 Å². The molecule has 1 amide bonds. The van der Waals surface area contributed by atoms with Gasteiger partial charge < -0.3 is 4.98 Å². The maximum atomic E-state index is 12.4. The van der Waals surface area contributed by atoms with Gasteiger partial charge in [-0.1, -0.05) is 54.1 Å². The maximum Gasteiger partial charge on any atom is 0.271 e. The Morgan fingerprint density at radius 1 is 1.07 bits per heavy atom. The van der Waals surface area contributed by atoms with Crippen LogP contribution in [0.1, 0.15) is 27.3 Å². The fourth-order valence-corrected chi connectivity index (χ4v) is 2.98. The normalized spacial score (nSPS) is 11.2. The molecule has 0 radical (unpaired) electrons. The molecule has 4 rings (SSSR count). The van der Waals surface area contributed by atoms with Gasteiger partial charge in [-0.15, -0.1) is 0 Å². The standard InChI is InChI=1S/C22H17ClN4O/c23-18-9-6-16(7-10-18)14-24-27-22(28)17-8-11-19-20(13-17)26-21(25-19)12-15-4-2-1-3-5-15/h1-11,13-14H,12H2,(H,25,26)(H,27,28)/b24-14-. The average Bonchev–Trinajstić information content (AvgIpc) is 3.11. The van der Waals surface area contributed by atoms with E-state index in [0.717, 1.165) is 22.4 Å². The first-order chi connectivity index (χ1) is 13.7. The minimum atomic E-state index is -0.286. The minimum Gasteiger partial charge on any atom is -0.342 e. The average molecular weight is 389 g/mol. The smallest absolute Gasteiger partial charge is 0.271 e. The van der Waals surface area contributed by atoms with E-state index >= 15 is 0 Å². The van der Waals surface area contributed by atoms with Gasteiger partial charge in [0.1, 0.15) is 5.82 Å². The third kappa shape index (κ3) is 4.27. The van der Waals surface area contributed by atoms with Crippen molar-refractivity contribution in [2.75, 3.05) is 0 Å². The number of benzene rings is 3. The van der Waals surface area contributed by atoms with Crippen molar-refractivity contribution in [2.45, 2.75) is 6.42 Å². The number of carbonyl (C=O) groups excluding carboxylic acids is 1. The van der Waals surface area contributed by atoms with Crippen LogP contribution in [0, 0.1) is 0 Å². The summed E-state index contributed by atoms with van der Waals surface area (Å²) in [6.45, 7) is 0. The number of nitrogens with zero attached hydrogens (tertiary/aromatic N) is 2. The van der Waals surface area contributed by atoms with E-state index in [0.29, 0.717) is 17.0 Å². The molecular weight excluding hydrogens is 372 g/mol. The van der Waals surface area contributed by atoms with E-state index in [1.165, 1.54) is 5.56 Å². The first-order valence-corrected chi connectivity index (χ1v) is 9.17. The molecule has 0 atom stereocenters. The van der Waals surface area contributed by atoms with Gasteiger partial charge in [0.15, 0.2) is 0 Å². The van der Waals surface area contributed by atoms with Gasteiger partial charge in [-0.2, -0.15) is 5.10 Å². The number of halogens is 1.